The molecule has 0 saturated heterocycles. The molecule has 0 aliphatic rings. The van der Waals surface area contributed by atoms with Crippen LogP contribution in [-0.2, 0) is 6.61 Å². The van der Waals surface area contributed by atoms with Gasteiger partial charge in [-0.1, -0.05) is 6.07 Å². The minimum atomic E-state index is -1.11. The van der Waals surface area contributed by atoms with E-state index in [1.807, 2.05) is 6.07 Å². The second kappa shape index (κ2) is 5.71. The number of benzene rings is 1. The molecule has 5 nitrogen and oxygen atoms in total. The average Bonchev–Trinajstić information content (AvgIpc) is 2.36. The van der Waals surface area contributed by atoms with Gasteiger partial charge in [-0.3, -0.25) is 4.98 Å². The van der Waals surface area contributed by atoms with Gasteiger partial charge >= 0.3 is 5.97 Å². The molecule has 0 atom stereocenters. The molecule has 0 unspecified atom stereocenters. The first kappa shape index (κ1) is 13.4. The van der Waals surface area contributed by atoms with E-state index in [9.17, 15) is 4.79 Å². The van der Waals surface area contributed by atoms with Crippen molar-refractivity contribution in [3.63, 3.8) is 0 Å². The second-order valence-corrected chi connectivity index (χ2v) is 4.74. The summed E-state index contributed by atoms with van der Waals surface area (Å²) in [6.45, 7) is 0.218. The van der Waals surface area contributed by atoms with E-state index in [1.165, 1.54) is 6.07 Å². The number of hydrogen-bond acceptors (Lipinski definition) is 4. The first-order chi connectivity index (χ1) is 9.08. The number of hydrogen-bond donors (Lipinski definition) is 2. The van der Waals surface area contributed by atoms with E-state index in [1.54, 1.807) is 24.5 Å². The summed E-state index contributed by atoms with van der Waals surface area (Å²) in [6.07, 6.45) is 3.31. The van der Waals surface area contributed by atoms with Crippen molar-refractivity contribution >= 4 is 27.6 Å². The highest BCUT2D eigenvalue weighted by Gasteiger charge is 2.14. The lowest BCUT2D eigenvalue weighted by molar-refractivity contribution is 0.0693. The molecule has 2 rings (SSSR count). The van der Waals surface area contributed by atoms with Gasteiger partial charge in [0.1, 0.15) is 17.9 Å². The fourth-order valence-corrected chi connectivity index (χ4v) is 2.01. The van der Waals surface area contributed by atoms with Crippen LogP contribution in [0.5, 0.6) is 5.75 Å². The Kier molecular flexibility index (Phi) is 4.01. The van der Waals surface area contributed by atoms with Crippen LogP contribution in [0.2, 0.25) is 0 Å². The maximum absolute atomic E-state index is 11.1. The number of halogens is 1. The van der Waals surface area contributed by atoms with Gasteiger partial charge in [-0.05, 0) is 34.1 Å². The third kappa shape index (κ3) is 3.23. The summed E-state index contributed by atoms with van der Waals surface area (Å²) in [4.78, 5) is 15.1. The molecule has 1 aromatic carbocycles. The van der Waals surface area contributed by atoms with Gasteiger partial charge in [0.2, 0.25) is 0 Å². The highest BCUT2D eigenvalue weighted by atomic mass is 79.9. The van der Waals surface area contributed by atoms with Gasteiger partial charge in [-0.25, -0.2) is 4.79 Å². The number of ether oxygens (including phenoxy) is 1. The van der Waals surface area contributed by atoms with Crippen molar-refractivity contribution in [1.82, 2.24) is 4.98 Å². The first-order valence-electron chi connectivity index (χ1n) is 5.42. The van der Waals surface area contributed by atoms with E-state index in [0.717, 1.165) is 10.0 Å². The second-order valence-electron chi connectivity index (χ2n) is 3.83. The number of carboxylic acid groups (broad SMARTS) is 1. The van der Waals surface area contributed by atoms with Gasteiger partial charge in [0.25, 0.3) is 0 Å². The van der Waals surface area contributed by atoms with E-state index >= 15 is 0 Å². The van der Waals surface area contributed by atoms with Crippen molar-refractivity contribution < 1.29 is 14.6 Å². The van der Waals surface area contributed by atoms with Crippen LogP contribution in [0.1, 0.15) is 15.9 Å². The maximum atomic E-state index is 11.1. The zero-order valence-electron chi connectivity index (χ0n) is 9.84. The van der Waals surface area contributed by atoms with E-state index in [4.69, 9.17) is 15.6 Å². The van der Waals surface area contributed by atoms with Gasteiger partial charge in [0, 0.05) is 28.1 Å². The summed E-state index contributed by atoms with van der Waals surface area (Å²) in [5.41, 5.74) is 6.62. The Labute approximate surface area is 118 Å². The summed E-state index contributed by atoms with van der Waals surface area (Å²) in [6, 6.07) is 6.60. The van der Waals surface area contributed by atoms with Crippen molar-refractivity contribution in [1.29, 1.82) is 0 Å². The number of rotatable bonds is 4. The topological polar surface area (TPSA) is 85.4 Å². The maximum Gasteiger partial charge on any atom is 0.341 e. The predicted molar refractivity (Wildman–Crippen MR) is 74.1 cm³/mol. The number of aromatic carboxylic acids is 1. The lowest BCUT2D eigenvalue weighted by Crippen LogP contribution is -2.07. The normalized spacial score (nSPS) is 10.2. The molecule has 1 heterocycles. The van der Waals surface area contributed by atoms with Crippen LogP contribution in [0.15, 0.2) is 41.1 Å². The minimum absolute atomic E-state index is 0.0227. The molecule has 0 radical (unpaired) electrons. The smallest absolute Gasteiger partial charge is 0.341 e. The SMILES string of the molecule is Nc1cccc(OCc2cncc(Br)c2)c1C(=O)O. The van der Waals surface area contributed by atoms with Gasteiger partial charge < -0.3 is 15.6 Å². The molecule has 0 fully saturated rings. The van der Waals surface area contributed by atoms with E-state index < -0.39 is 5.97 Å². The third-order valence-corrected chi connectivity index (χ3v) is 2.86. The van der Waals surface area contributed by atoms with Crippen LogP contribution in [0, 0.1) is 0 Å². The quantitative estimate of drug-likeness (QED) is 0.845. The minimum Gasteiger partial charge on any atom is -0.488 e. The van der Waals surface area contributed by atoms with Crippen LogP contribution in [-0.4, -0.2) is 16.1 Å². The summed E-state index contributed by atoms with van der Waals surface area (Å²) in [5, 5.41) is 9.11. The first-order valence-corrected chi connectivity index (χ1v) is 6.21. The number of nitrogens with zero attached hydrogens (tertiary/aromatic N) is 1. The van der Waals surface area contributed by atoms with Crippen LogP contribution >= 0.6 is 15.9 Å². The molecular formula is C13H11BrN2O3. The number of nitrogens with two attached hydrogens (primary N) is 1. The number of aromatic nitrogens is 1. The molecule has 0 amide bonds. The number of carbonyl (C=O) groups is 1. The van der Waals surface area contributed by atoms with Crippen molar-refractivity contribution in [2.24, 2.45) is 0 Å². The molecule has 3 N–H and O–H groups in total. The molecule has 0 saturated carbocycles. The predicted octanol–water partition coefficient (Wildman–Crippen LogP) is 2.70. The fourth-order valence-electron chi connectivity index (χ4n) is 1.59. The van der Waals surface area contributed by atoms with Crippen LogP contribution in [0.4, 0.5) is 5.69 Å². The summed E-state index contributed by atoms with van der Waals surface area (Å²) >= 11 is 3.31. The molecule has 0 bridgehead atoms. The summed E-state index contributed by atoms with van der Waals surface area (Å²) in [7, 11) is 0. The lowest BCUT2D eigenvalue weighted by Gasteiger charge is -2.10. The Morgan fingerprint density at radius 2 is 2.21 bits per heavy atom. The number of anilines is 1. The monoisotopic (exact) mass is 322 g/mol. The molecule has 0 spiro atoms. The summed E-state index contributed by atoms with van der Waals surface area (Å²) in [5.74, 6) is -0.868. The Morgan fingerprint density at radius 3 is 2.89 bits per heavy atom. The Morgan fingerprint density at radius 1 is 1.42 bits per heavy atom. The van der Waals surface area contributed by atoms with Gasteiger partial charge in [0.15, 0.2) is 0 Å². The van der Waals surface area contributed by atoms with Crippen molar-refractivity contribution in [2.45, 2.75) is 6.61 Å². The fraction of sp³-hybridized carbons (Fsp3) is 0.0769. The van der Waals surface area contributed by atoms with Crippen molar-refractivity contribution in [3.05, 3.63) is 52.3 Å². The van der Waals surface area contributed by atoms with Gasteiger partial charge in [-0.2, -0.15) is 0 Å². The number of nitrogen functional groups attached to an aromatic ring is 1. The van der Waals surface area contributed by atoms with Crippen LogP contribution in [0.25, 0.3) is 0 Å². The average molecular weight is 323 g/mol. The highest BCUT2D eigenvalue weighted by Crippen LogP contribution is 2.25. The van der Waals surface area contributed by atoms with E-state index in [2.05, 4.69) is 20.9 Å². The lowest BCUT2D eigenvalue weighted by atomic mass is 10.1. The van der Waals surface area contributed by atoms with Gasteiger partial charge in [0.05, 0.1) is 0 Å². The van der Waals surface area contributed by atoms with Gasteiger partial charge in [-0.15, -0.1) is 0 Å². The molecule has 6 heteroatoms. The molecule has 2 aromatic rings. The zero-order chi connectivity index (χ0) is 13.8. The Hall–Kier alpha value is -2.08. The summed E-state index contributed by atoms with van der Waals surface area (Å²) < 4.78 is 6.33. The number of carboxylic acids is 1. The molecular weight excluding hydrogens is 312 g/mol. The van der Waals surface area contributed by atoms with Crippen LogP contribution in [0.3, 0.4) is 0 Å². The Balaban J connectivity index is 2.20. The number of pyridine rings is 1. The van der Waals surface area contributed by atoms with Crippen molar-refractivity contribution in [3.8, 4) is 5.75 Å². The highest BCUT2D eigenvalue weighted by molar-refractivity contribution is 9.10. The van der Waals surface area contributed by atoms with E-state index in [-0.39, 0.29) is 23.6 Å². The third-order valence-electron chi connectivity index (χ3n) is 2.43. The molecule has 0 aliphatic carbocycles. The largest absolute Gasteiger partial charge is 0.488 e. The molecule has 0 aliphatic heterocycles. The molecule has 98 valence electrons. The molecule has 19 heavy (non-hydrogen) atoms. The van der Waals surface area contributed by atoms with Crippen LogP contribution < -0.4 is 10.5 Å². The van der Waals surface area contributed by atoms with Crippen molar-refractivity contribution in [2.75, 3.05) is 5.73 Å². The standard InChI is InChI=1S/C13H11BrN2O3/c14-9-4-8(5-16-6-9)7-19-11-3-1-2-10(15)12(11)13(17)18/h1-6H,7,15H2,(H,17,18). The zero-order valence-corrected chi connectivity index (χ0v) is 11.4. The molecule has 1 aromatic heterocycles. The van der Waals surface area contributed by atoms with E-state index in [0.29, 0.717) is 0 Å². The Bertz CT molecular complexity index is 617.